The van der Waals surface area contributed by atoms with Crippen LogP contribution >= 0.6 is 22.6 Å². The van der Waals surface area contributed by atoms with Crippen LogP contribution in [-0.2, 0) is 0 Å². The molecule has 0 amide bonds. The molecule has 0 heterocycles. The van der Waals surface area contributed by atoms with Crippen molar-refractivity contribution in [2.45, 2.75) is 6.92 Å². The number of rotatable bonds is 2. The zero-order valence-electron chi connectivity index (χ0n) is 7.20. The zero-order chi connectivity index (χ0) is 10.0. The average Bonchev–Trinajstić information content (AvgIpc) is 2.08. The van der Waals surface area contributed by atoms with E-state index < -0.39 is 4.92 Å². The number of nitro benzene ring substituents is 1. The van der Waals surface area contributed by atoms with Crippen molar-refractivity contribution in [1.29, 1.82) is 0 Å². The third kappa shape index (κ3) is 2.09. The molecule has 1 aromatic carbocycles. The first-order valence-corrected chi connectivity index (χ1v) is 4.62. The van der Waals surface area contributed by atoms with E-state index in [9.17, 15) is 10.1 Å². The van der Waals surface area contributed by atoms with Gasteiger partial charge in [0.15, 0.2) is 5.75 Å². The summed E-state index contributed by atoms with van der Waals surface area (Å²) in [4.78, 5) is 10.1. The van der Waals surface area contributed by atoms with Crippen molar-refractivity contribution in [3.63, 3.8) is 0 Å². The minimum atomic E-state index is -0.443. The fourth-order valence-electron chi connectivity index (χ4n) is 0.954. The first-order valence-electron chi connectivity index (χ1n) is 3.54. The van der Waals surface area contributed by atoms with E-state index in [1.54, 1.807) is 6.07 Å². The smallest absolute Gasteiger partial charge is 0.311 e. The highest BCUT2D eigenvalue weighted by atomic mass is 127. The van der Waals surface area contributed by atoms with E-state index in [4.69, 9.17) is 4.74 Å². The second-order valence-electron chi connectivity index (χ2n) is 2.53. The topological polar surface area (TPSA) is 52.4 Å². The molecule has 0 N–H and O–H groups in total. The lowest BCUT2D eigenvalue weighted by Gasteiger charge is -2.03. The van der Waals surface area contributed by atoms with Gasteiger partial charge in [-0.3, -0.25) is 10.1 Å². The van der Waals surface area contributed by atoms with Crippen LogP contribution in [0.5, 0.6) is 5.75 Å². The third-order valence-corrected chi connectivity index (χ3v) is 2.82. The maximum absolute atomic E-state index is 10.6. The Hall–Kier alpha value is -0.850. The molecule has 70 valence electrons. The van der Waals surface area contributed by atoms with Gasteiger partial charge in [0.25, 0.3) is 0 Å². The van der Waals surface area contributed by atoms with Gasteiger partial charge in [-0.1, -0.05) is 0 Å². The average molecular weight is 293 g/mol. The van der Waals surface area contributed by atoms with Gasteiger partial charge in [0, 0.05) is 15.7 Å². The summed E-state index contributed by atoms with van der Waals surface area (Å²) >= 11 is 2.11. The molecule has 0 aliphatic heterocycles. The lowest BCUT2D eigenvalue weighted by atomic mass is 10.2. The van der Waals surface area contributed by atoms with Crippen molar-refractivity contribution in [2.75, 3.05) is 7.11 Å². The summed E-state index contributed by atoms with van der Waals surface area (Å²) in [5.41, 5.74) is 0.897. The number of benzene rings is 1. The molecule has 0 aromatic heterocycles. The first kappa shape index (κ1) is 10.2. The van der Waals surface area contributed by atoms with E-state index in [-0.39, 0.29) is 5.69 Å². The molecule has 13 heavy (non-hydrogen) atoms. The van der Waals surface area contributed by atoms with Crippen molar-refractivity contribution in [3.8, 4) is 5.75 Å². The highest BCUT2D eigenvalue weighted by Crippen LogP contribution is 2.30. The lowest BCUT2D eigenvalue weighted by molar-refractivity contribution is -0.385. The van der Waals surface area contributed by atoms with Crippen molar-refractivity contribution >= 4 is 28.3 Å². The number of aryl methyl sites for hydroxylation is 1. The standard InChI is InChI=1S/C8H8INO3/c1-5-3-7(10(11)12)8(13-2)4-6(5)9/h3-4H,1-2H3. The second-order valence-corrected chi connectivity index (χ2v) is 3.69. The minimum absolute atomic E-state index is 0.0143. The highest BCUT2D eigenvalue weighted by molar-refractivity contribution is 14.1. The van der Waals surface area contributed by atoms with Crippen LogP contribution in [0.25, 0.3) is 0 Å². The molecule has 0 saturated heterocycles. The van der Waals surface area contributed by atoms with E-state index in [2.05, 4.69) is 22.6 Å². The lowest BCUT2D eigenvalue weighted by Crippen LogP contribution is -1.95. The zero-order valence-corrected chi connectivity index (χ0v) is 9.36. The molecule has 0 fully saturated rings. The van der Waals surface area contributed by atoms with Gasteiger partial charge < -0.3 is 4.74 Å². The Kier molecular flexibility index (Phi) is 3.07. The van der Waals surface area contributed by atoms with E-state index in [0.29, 0.717) is 5.75 Å². The summed E-state index contributed by atoms with van der Waals surface area (Å²) in [7, 11) is 1.42. The number of hydrogen-bond acceptors (Lipinski definition) is 3. The summed E-state index contributed by atoms with van der Waals surface area (Å²) in [6, 6.07) is 3.18. The number of nitrogens with zero attached hydrogens (tertiary/aromatic N) is 1. The molecule has 0 bridgehead atoms. The third-order valence-electron chi connectivity index (χ3n) is 1.66. The SMILES string of the molecule is COc1cc(I)c(C)cc1[N+](=O)[O-]. The Morgan fingerprint density at radius 2 is 2.15 bits per heavy atom. The summed E-state index contributed by atoms with van der Waals surface area (Å²) in [5.74, 6) is 0.306. The largest absolute Gasteiger partial charge is 0.490 e. The van der Waals surface area contributed by atoms with Gasteiger partial charge in [0.2, 0.25) is 0 Å². The van der Waals surface area contributed by atoms with E-state index in [1.807, 2.05) is 6.92 Å². The summed E-state index contributed by atoms with van der Waals surface area (Å²) in [6.07, 6.45) is 0. The first-order chi connectivity index (χ1) is 6.06. The van der Waals surface area contributed by atoms with Crippen molar-refractivity contribution in [3.05, 3.63) is 31.4 Å². The quantitative estimate of drug-likeness (QED) is 0.478. The maximum Gasteiger partial charge on any atom is 0.311 e. The fraction of sp³-hybridized carbons (Fsp3) is 0.250. The van der Waals surface area contributed by atoms with Crippen molar-refractivity contribution in [1.82, 2.24) is 0 Å². The molecule has 0 atom stereocenters. The maximum atomic E-state index is 10.6. The molecule has 0 aliphatic rings. The molecule has 0 saturated carbocycles. The molecule has 0 spiro atoms. The van der Waals surface area contributed by atoms with Crippen LogP contribution in [0.1, 0.15) is 5.56 Å². The molecule has 1 aromatic rings. The van der Waals surface area contributed by atoms with Crippen LogP contribution in [-0.4, -0.2) is 12.0 Å². The minimum Gasteiger partial charge on any atom is -0.490 e. The summed E-state index contributed by atoms with van der Waals surface area (Å²) in [6.45, 7) is 1.83. The normalized spacial score (nSPS) is 9.77. The van der Waals surface area contributed by atoms with Gasteiger partial charge in [-0.15, -0.1) is 0 Å². The number of halogens is 1. The van der Waals surface area contributed by atoms with Crippen LogP contribution in [0.3, 0.4) is 0 Å². The molecule has 0 aliphatic carbocycles. The van der Waals surface area contributed by atoms with Crippen molar-refractivity contribution in [2.24, 2.45) is 0 Å². The predicted molar refractivity (Wildman–Crippen MR) is 57.1 cm³/mol. The van der Waals surface area contributed by atoms with Crippen LogP contribution in [0.4, 0.5) is 5.69 Å². The fourth-order valence-corrected chi connectivity index (χ4v) is 1.39. The molecular weight excluding hydrogens is 285 g/mol. The van der Waals surface area contributed by atoms with Gasteiger partial charge in [0.05, 0.1) is 12.0 Å². The highest BCUT2D eigenvalue weighted by Gasteiger charge is 2.15. The van der Waals surface area contributed by atoms with Gasteiger partial charge in [-0.2, -0.15) is 0 Å². The van der Waals surface area contributed by atoms with E-state index in [0.717, 1.165) is 9.13 Å². The monoisotopic (exact) mass is 293 g/mol. The van der Waals surface area contributed by atoms with E-state index >= 15 is 0 Å². The molecule has 5 heteroatoms. The van der Waals surface area contributed by atoms with Gasteiger partial charge in [-0.05, 0) is 35.1 Å². The number of nitro groups is 1. The predicted octanol–water partition coefficient (Wildman–Crippen LogP) is 2.52. The summed E-state index contributed by atoms with van der Waals surface area (Å²) in [5, 5.41) is 10.6. The van der Waals surface area contributed by atoms with Crippen LogP contribution in [0.2, 0.25) is 0 Å². The number of methoxy groups -OCH3 is 1. The molecular formula is C8H8INO3. The van der Waals surface area contributed by atoms with Gasteiger partial charge in [-0.25, -0.2) is 0 Å². The number of hydrogen-bond donors (Lipinski definition) is 0. The van der Waals surface area contributed by atoms with Gasteiger partial charge >= 0.3 is 5.69 Å². The Balaban J connectivity index is 3.33. The van der Waals surface area contributed by atoms with Crippen LogP contribution < -0.4 is 4.74 Å². The Morgan fingerprint density at radius 1 is 1.54 bits per heavy atom. The molecule has 0 radical (unpaired) electrons. The molecule has 0 unspecified atom stereocenters. The Bertz CT molecular complexity index is 351. The Labute approximate surface area is 89.2 Å². The summed E-state index contributed by atoms with van der Waals surface area (Å²) < 4.78 is 5.85. The van der Waals surface area contributed by atoms with E-state index in [1.165, 1.54) is 13.2 Å². The Morgan fingerprint density at radius 3 is 2.62 bits per heavy atom. The van der Waals surface area contributed by atoms with Crippen LogP contribution in [0.15, 0.2) is 12.1 Å². The second kappa shape index (κ2) is 3.91. The molecule has 1 rings (SSSR count). The molecule has 4 nitrogen and oxygen atoms in total. The number of ether oxygens (including phenoxy) is 1. The van der Waals surface area contributed by atoms with Gasteiger partial charge in [0.1, 0.15) is 0 Å². The van der Waals surface area contributed by atoms with Crippen molar-refractivity contribution < 1.29 is 9.66 Å². The van der Waals surface area contributed by atoms with Crippen LogP contribution in [0, 0.1) is 20.6 Å².